The number of ether oxygens (including phenoxy) is 2. The fourth-order valence-corrected chi connectivity index (χ4v) is 2.30. The number of aromatic nitrogens is 4. The van der Waals surface area contributed by atoms with Gasteiger partial charge in [-0.05, 0) is 30.0 Å². The van der Waals surface area contributed by atoms with Crippen LogP contribution in [0, 0.1) is 17.0 Å². The highest BCUT2D eigenvalue weighted by Crippen LogP contribution is 2.33. The van der Waals surface area contributed by atoms with E-state index >= 15 is 0 Å². The molecule has 2 heterocycles. The number of alkyl halides is 2. The van der Waals surface area contributed by atoms with Crippen molar-refractivity contribution in [2.24, 2.45) is 0 Å². The molecule has 10 nitrogen and oxygen atoms in total. The van der Waals surface area contributed by atoms with Gasteiger partial charge in [-0.1, -0.05) is 0 Å². The van der Waals surface area contributed by atoms with E-state index < -0.39 is 11.5 Å². The number of aryl methyl sites for hydroxylation is 1. The molecule has 0 N–H and O–H groups in total. The first kappa shape index (κ1) is 18.2. The number of halogens is 2. The topological polar surface area (TPSA) is 118 Å². The molecule has 3 rings (SSSR count). The summed E-state index contributed by atoms with van der Waals surface area (Å²) in [6, 6.07) is 5.50. The van der Waals surface area contributed by atoms with Crippen molar-refractivity contribution in [3.05, 3.63) is 46.0 Å². The highest BCUT2D eigenvalue weighted by Gasteiger charge is 2.19. The van der Waals surface area contributed by atoms with Gasteiger partial charge < -0.3 is 24.0 Å². The zero-order chi connectivity index (χ0) is 19.6. The van der Waals surface area contributed by atoms with Crippen LogP contribution in [0.25, 0.3) is 11.5 Å². The number of methoxy groups -OCH3 is 1. The lowest BCUT2D eigenvalue weighted by molar-refractivity contribution is -0.389. The van der Waals surface area contributed by atoms with Gasteiger partial charge >= 0.3 is 12.4 Å². The number of nitrogens with zero attached hydrogens (tertiary/aromatic N) is 5. The lowest BCUT2D eigenvalue weighted by Gasteiger charge is -2.10. The summed E-state index contributed by atoms with van der Waals surface area (Å²) in [5.74, 6) is -0.0580. The molecule has 2 aromatic heterocycles. The third-order valence-corrected chi connectivity index (χ3v) is 3.53. The van der Waals surface area contributed by atoms with Gasteiger partial charge in [0.25, 0.3) is 0 Å². The molecular formula is C15H13F2N5O5. The second kappa shape index (κ2) is 7.35. The predicted molar refractivity (Wildman–Crippen MR) is 85.6 cm³/mol. The largest absolute Gasteiger partial charge is 0.493 e. The fraction of sp³-hybridized carbons (Fsp3) is 0.267. The Kier molecular flexibility index (Phi) is 4.96. The molecule has 0 fully saturated rings. The second-order valence-electron chi connectivity index (χ2n) is 5.30. The molecule has 0 radical (unpaired) electrons. The van der Waals surface area contributed by atoms with Crippen molar-refractivity contribution in [1.82, 2.24) is 20.0 Å². The SMILES string of the molecule is COc1cc(-c2nnc(Cn3nc([N+](=O)[O-])cc3C)o2)ccc1OC(F)F. The summed E-state index contributed by atoms with van der Waals surface area (Å²) in [6.07, 6.45) is 0. The third-order valence-electron chi connectivity index (χ3n) is 3.53. The second-order valence-corrected chi connectivity index (χ2v) is 5.30. The number of nitro groups is 1. The average molecular weight is 381 g/mol. The van der Waals surface area contributed by atoms with E-state index in [9.17, 15) is 18.9 Å². The Morgan fingerprint density at radius 1 is 1.30 bits per heavy atom. The first-order valence-electron chi connectivity index (χ1n) is 7.52. The van der Waals surface area contributed by atoms with Crippen LogP contribution in [0.15, 0.2) is 28.7 Å². The molecular weight excluding hydrogens is 368 g/mol. The van der Waals surface area contributed by atoms with Crippen LogP contribution in [0.2, 0.25) is 0 Å². The van der Waals surface area contributed by atoms with Gasteiger partial charge in [-0.25, -0.2) is 0 Å². The molecule has 0 atom stereocenters. The number of benzene rings is 1. The van der Waals surface area contributed by atoms with Gasteiger partial charge in [-0.15, -0.1) is 10.2 Å². The zero-order valence-electron chi connectivity index (χ0n) is 14.1. The van der Waals surface area contributed by atoms with E-state index in [2.05, 4.69) is 20.0 Å². The summed E-state index contributed by atoms with van der Waals surface area (Å²) in [5, 5.41) is 22.4. The van der Waals surface area contributed by atoms with Crippen LogP contribution in [0.4, 0.5) is 14.6 Å². The van der Waals surface area contributed by atoms with Gasteiger partial charge in [0.2, 0.25) is 11.8 Å². The highest BCUT2D eigenvalue weighted by atomic mass is 19.3. The average Bonchev–Trinajstić information content (AvgIpc) is 3.22. The smallest absolute Gasteiger partial charge is 0.390 e. The molecule has 0 spiro atoms. The molecule has 1 aromatic carbocycles. The van der Waals surface area contributed by atoms with Gasteiger partial charge in [-0.3, -0.25) is 0 Å². The monoisotopic (exact) mass is 381 g/mol. The van der Waals surface area contributed by atoms with Crippen molar-refractivity contribution in [1.29, 1.82) is 0 Å². The quantitative estimate of drug-likeness (QED) is 0.453. The Morgan fingerprint density at radius 3 is 2.70 bits per heavy atom. The summed E-state index contributed by atoms with van der Waals surface area (Å²) in [7, 11) is 1.31. The Bertz CT molecular complexity index is 971. The van der Waals surface area contributed by atoms with Crippen molar-refractivity contribution in [2.45, 2.75) is 20.1 Å². The zero-order valence-corrected chi connectivity index (χ0v) is 14.1. The minimum Gasteiger partial charge on any atom is -0.493 e. The normalized spacial score (nSPS) is 11.0. The van der Waals surface area contributed by atoms with Crippen LogP contribution in [0.1, 0.15) is 11.6 Å². The number of hydrogen-bond acceptors (Lipinski definition) is 8. The first-order chi connectivity index (χ1) is 12.9. The maximum atomic E-state index is 12.4. The van der Waals surface area contributed by atoms with Crippen LogP contribution < -0.4 is 9.47 Å². The van der Waals surface area contributed by atoms with E-state index in [1.165, 1.54) is 36.1 Å². The van der Waals surface area contributed by atoms with Crippen LogP contribution in [0.5, 0.6) is 11.5 Å². The molecule has 0 saturated heterocycles. The minimum absolute atomic E-state index is 0.0381. The van der Waals surface area contributed by atoms with Crippen molar-refractivity contribution in [3.8, 4) is 23.0 Å². The van der Waals surface area contributed by atoms with Crippen molar-refractivity contribution < 1.29 is 27.6 Å². The summed E-state index contributed by atoms with van der Waals surface area (Å²) in [5.41, 5.74) is 0.979. The Hall–Kier alpha value is -3.57. The molecule has 0 aliphatic rings. The van der Waals surface area contributed by atoms with Crippen LogP contribution in [0.3, 0.4) is 0 Å². The number of hydrogen-bond donors (Lipinski definition) is 0. The van der Waals surface area contributed by atoms with Gasteiger partial charge in [-0.2, -0.15) is 13.5 Å². The highest BCUT2D eigenvalue weighted by molar-refractivity contribution is 5.59. The summed E-state index contributed by atoms with van der Waals surface area (Å²) >= 11 is 0. The molecule has 12 heteroatoms. The van der Waals surface area contributed by atoms with Crippen LogP contribution in [-0.2, 0) is 6.54 Å². The van der Waals surface area contributed by atoms with Crippen molar-refractivity contribution in [2.75, 3.05) is 7.11 Å². The van der Waals surface area contributed by atoms with E-state index in [0.717, 1.165) is 0 Å². The van der Waals surface area contributed by atoms with Gasteiger partial charge in [0.05, 0.1) is 24.0 Å². The van der Waals surface area contributed by atoms with Gasteiger partial charge in [0.1, 0.15) is 6.54 Å². The van der Waals surface area contributed by atoms with E-state index in [-0.39, 0.29) is 35.6 Å². The molecule has 0 bridgehead atoms. The predicted octanol–water partition coefficient (Wildman–Crippen LogP) is 2.81. The Balaban J connectivity index is 1.82. The maximum absolute atomic E-state index is 12.4. The Labute approximate surface area is 150 Å². The molecule has 3 aromatic rings. The molecule has 0 aliphatic heterocycles. The van der Waals surface area contributed by atoms with Gasteiger partial charge in [0.15, 0.2) is 11.5 Å². The summed E-state index contributed by atoms with van der Waals surface area (Å²) in [6.45, 7) is -1.29. The van der Waals surface area contributed by atoms with E-state index in [1.54, 1.807) is 6.92 Å². The molecule has 0 unspecified atom stereocenters. The fourth-order valence-electron chi connectivity index (χ4n) is 2.30. The van der Waals surface area contributed by atoms with Crippen LogP contribution in [-0.4, -0.2) is 38.6 Å². The standard InChI is InChI=1S/C15H13F2N5O5/c1-8-5-12(22(23)24)20-21(8)7-13-18-19-14(27-13)9-3-4-10(26-15(16)17)11(6-9)25-2/h3-6,15H,7H2,1-2H3. The number of rotatable bonds is 7. The summed E-state index contributed by atoms with van der Waals surface area (Å²) < 4.78 is 41.0. The van der Waals surface area contributed by atoms with E-state index in [0.29, 0.717) is 11.3 Å². The van der Waals surface area contributed by atoms with E-state index in [1.807, 2.05) is 0 Å². The summed E-state index contributed by atoms with van der Waals surface area (Å²) in [4.78, 5) is 10.2. The molecule has 142 valence electrons. The maximum Gasteiger partial charge on any atom is 0.390 e. The Morgan fingerprint density at radius 2 is 2.07 bits per heavy atom. The van der Waals surface area contributed by atoms with Crippen molar-refractivity contribution in [3.63, 3.8) is 0 Å². The minimum atomic E-state index is -2.99. The van der Waals surface area contributed by atoms with Crippen molar-refractivity contribution >= 4 is 5.82 Å². The molecule has 0 aliphatic carbocycles. The lowest BCUT2D eigenvalue weighted by atomic mass is 10.2. The molecule has 0 saturated carbocycles. The third kappa shape index (κ3) is 3.99. The van der Waals surface area contributed by atoms with Crippen LogP contribution >= 0.6 is 0 Å². The lowest BCUT2D eigenvalue weighted by Crippen LogP contribution is -2.04. The van der Waals surface area contributed by atoms with E-state index in [4.69, 9.17) is 9.15 Å². The first-order valence-corrected chi connectivity index (χ1v) is 7.52. The molecule has 27 heavy (non-hydrogen) atoms. The molecule has 0 amide bonds. The van der Waals surface area contributed by atoms with Gasteiger partial charge in [0, 0.05) is 5.56 Å².